The number of rotatable bonds is 7. The highest BCUT2D eigenvalue weighted by molar-refractivity contribution is 5.95. The zero-order valence-corrected chi connectivity index (χ0v) is 30.1. The van der Waals surface area contributed by atoms with Gasteiger partial charge < -0.3 is 69.3 Å². The molecule has 4 aliphatic carbocycles. The lowest BCUT2D eigenvalue weighted by atomic mass is 9.46. The molecule has 0 spiro atoms. The minimum absolute atomic E-state index is 0.114. The fourth-order valence-corrected chi connectivity index (χ4v) is 10.7. The molecule has 294 valence electrons. The quantitative estimate of drug-likeness (QED) is 0.149. The van der Waals surface area contributed by atoms with Gasteiger partial charge in [-0.15, -0.1) is 0 Å². The maximum absolute atomic E-state index is 12.7. The molecule has 15 nitrogen and oxygen atoms in total. The van der Waals surface area contributed by atoms with E-state index in [1.165, 1.54) is 6.92 Å². The van der Waals surface area contributed by atoms with Crippen LogP contribution in [-0.2, 0) is 33.2 Å². The highest BCUT2D eigenvalue weighted by Crippen LogP contribution is 2.65. The highest BCUT2D eigenvalue weighted by atomic mass is 16.8. The lowest BCUT2D eigenvalue weighted by molar-refractivity contribution is -0.382. The molecule has 2 saturated carbocycles. The smallest absolute Gasteiger partial charge is 0.187 e. The van der Waals surface area contributed by atoms with Crippen LogP contribution in [-0.4, -0.2) is 152 Å². The molecule has 0 bridgehead atoms. The van der Waals surface area contributed by atoms with Crippen molar-refractivity contribution in [1.82, 2.24) is 0 Å². The van der Waals surface area contributed by atoms with Gasteiger partial charge in [-0.25, -0.2) is 0 Å². The number of aliphatic hydroxyl groups is 8. The van der Waals surface area contributed by atoms with E-state index in [1.54, 1.807) is 6.92 Å². The van der Waals surface area contributed by atoms with E-state index in [0.717, 1.165) is 36.8 Å². The second-order valence-corrected chi connectivity index (χ2v) is 16.6. The van der Waals surface area contributed by atoms with Gasteiger partial charge >= 0.3 is 0 Å². The second-order valence-electron chi connectivity index (χ2n) is 16.6. The summed E-state index contributed by atoms with van der Waals surface area (Å²) in [6.07, 6.45) is -11.9. The highest BCUT2D eigenvalue weighted by Gasteiger charge is 2.61. The first-order chi connectivity index (χ1) is 24.6. The average Bonchev–Trinajstić information content (AvgIpc) is 3.47. The first-order valence-corrected chi connectivity index (χ1v) is 18.8. The van der Waals surface area contributed by atoms with Crippen LogP contribution in [0.5, 0.6) is 0 Å². The Kier molecular flexibility index (Phi) is 10.9. The van der Waals surface area contributed by atoms with Gasteiger partial charge in [0.15, 0.2) is 24.7 Å². The van der Waals surface area contributed by atoms with Crippen LogP contribution < -0.4 is 0 Å². The minimum Gasteiger partial charge on any atom is -0.393 e. The molecule has 52 heavy (non-hydrogen) atoms. The van der Waals surface area contributed by atoms with Crippen LogP contribution in [0.25, 0.3) is 0 Å². The van der Waals surface area contributed by atoms with E-state index in [4.69, 9.17) is 28.4 Å². The van der Waals surface area contributed by atoms with Crippen molar-refractivity contribution in [2.75, 3.05) is 13.2 Å². The molecule has 0 aromatic rings. The van der Waals surface area contributed by atoms with Crippen molar-refractivity contribution in [2.24, 2.45) is 28.6 Å². The van der Waals surface area contributed by atoms with Gasteiger partial charge in [0.25, 0.3) is 0 Å². The van der Waals surface area contributed by atoms with Crippen molar-refractivity contribution < 1.29 is 74.1 Å². The topological polar surface area (TPSA) is 234 Å². The van der Waals surface area contributed by atoms with Gasteiger partial charge in [-0.05, 0) is 74.7 Å². The number of fused-ring (bicyclic) bond motifs is 5. The molecule has 8 N–H and O–H groups in total. The number of Topliss-reactive ketones (excluding diaryl/α,β-unsaturated/α-hetero) is 1. The summed E-state index contributed by atoms with van der Waals surface area (Å²) in [5, 5.41) is 85.3. The van der Waals surface area contributed by atoms with E-state index in [1.807, 2.05) is 0 Å². The zero-order valence-electron chi connectivity index (χ0n) is 30.1. The van der Waals surface area contributed by atoms with Crippen molar-refractivity contribution in [3.8, 4) is 0 Å². The Labute approximate surface area is 303 Å². The fourth-order valence-electron chi connectivity index (χ4n) is 10.7. The van der Waals surface area contributed by atoms with Crippen LogP contribution in [0.3, 0.4) is 0 Å². The number of allylic oxidation sites excluding steroid dienone is 3. The lowest BCUT2D eigenvalue weighted by Gasteiger charge is -2.60. The maximum Gasteiger partial charge on any atom is 0.187 e. The molecule has 20 atom stereocenters. The lowest BCUT2D eigenvalue weighted by Crippen LogP contribution is -2.65. The Balaban J connectivity index is 1.19. The molecule has 3 heterocycles. The fraction of sp³-hybridized carbons (Fsp3) is 0.865. The zero-order chi connectivity index (χ0) is 37.4. The molecule has 0 aromatic heterocycles. The molecule has 0 amide bonds. The number of ketones is 1. The van der Waals surface area contributed by atoms with Crippen molar-refractivity contribution in [3.63, 3.8) is 0 Å². The van der Waals surface area contributed by atoms with Crippen molar-refractivity contribution in [3.05, 3.63) is 23.3 Å². The number of aliphatic hydroxyl groups excluding tert-OH is 8. The first-order valence-electron chi connectivity index (χ1n) is 18.8. The first kappa shape index (κ1) is 38.8. The summed E-state index contributed by atoms with van der Waals surface area (Å²) >= 11 is 0. The van der Waals surface area contributed by atoms with Gasteiger partial charge in [-0.2, -0.15) is 0 Å². The maximum atomic E-state index is 12.7. The third-order valence-electron chi connectivity index (χ3n) is 13.7. The van der Waals surface area contributed by atoms with Crippen LogP contribution in [0.4, 0.5) is 0 Å². The van der Waals surface area contributed by atoms with Crippen LogP contribution in [0, 0.1) is 28.6 Å². The molecule has 0 radical (unpaired) electrons. The Bertz CT molecular complexity index is 1390. The molecule has 3 saturated heterocycles. The van der Waals surface area contributed by atoms with E-state index >= 15 is 0 Å². The molecule has 7 rings (SSSR count). The van der Waals surface area contributed by atoms with Gasteiger partial charge in [0, 0.05) is 11.8 Å². The normalized spacial score (nSPS) is 53.6. The number of carbonyl (C=O) groups is 1. The molecule has 20 unspecified atom stereocenters. The third-order valence-corrected chi connectivity index (χ3v) is 13.7. The van der Waals surface area contributed by atoms with Crippen LogP contribution in [0.15, 0.2) is 23.3 Å². The van der Waals surface area contributed by atoms with Crippen molar-refractivity contribution in [2.45, 2.75) is 158 Å². The van der Waals surface area contributed by atoms with Gasteiger partial charge in [0.1, 0.15) is 54.9 Å². The standard InChI is InChI=1S/C37H56O15/c1-15(38)20-7-8-21-19-6-5-17-11-18(39)12-25(37(17,4)22(19)9-10-36(20,21)3)50-35-32(52-34-30(46)28(44)26(42)16(2)49-34)31(24(41)14-48-35)51-33-29(45)27(43)23(40)13-47-33/h5,7,16,18-19,21-35,39-46H,6,8-14H2,1-4H3. The number of ether oxygens (including phenoxy) is 6. The average molecular weight is 741 g/mol. The molecule has 7 aliphatic rings. The van der Waals surface area contributed by atoms with Crippen molar-refractivity contribution >= 4 is 5.78 Å². The molecule has 3 aliphatic heterocycles. The summed E-state index contributed by atoms with van der Waals surface area (Å²) in [5.41, 5.74) is 1.23. The van der Waals surface area contributed by atoms with E-state index in [-0.39, 0.29) is 48.6 Å². The summed E-state index contributed by atoms with van der Waals surface area (Å²) in [4.78, 5) is 12.7. The summed E-state index contributed by atoms with van der Waals surface area (Å²) in [6, 6.07) is 0. The van der Waals surface area contributed by atoms with Gasteiger partial charge in [-0.3, -0.25) is 4.79 Å². The summed E-state index contributed by atoms with van der Waals surface area (Å²) < 4.78 is 36.5. The van der Waals surface area contributed by atoms with Gasteiger partial charge in [0.05, 0.1) is 31.5 Å². The summed E-state index contributed by atoms with van der Waals surface area (Å²) in [6.45, 7) is 6.84. The van der Waals surface area contributed by atoms with Crippen molar-refractivity contribution in [1.29, 1.82) is 0 Å². The number of carbonyl (C=O) groups excluding carboxylic acids is 1. The molecule has 5 fully saturated rings. The van der Waals surface area contributed by atoms with Crippen LogP contribution >= 0.6 is 0 Å². The number of hydrogen-bond acceptors (Lipinski definition) is 15. The predicted octanol–water partition coefficient (Wildman–Crippen LogP) is -0.815. The third kappa shape index (κ3) is 6.45. The Morgan fingerprint density at radius 2 is 1.44 bits per heavy atom. The van der Waals surface area contributed by atoms with E-state index in [9.17, 15) is 45.6 Å². The molecule has 0 aromatic carbocycles. The van der Waals surface area contributed by atoms with Gasteiger partial charge in [-0.1, -0.05) is 31.6 Å². The number of hydrogen-bond donors (Lipinski definition) is 8. The van der Waals surface area contributed by atoms with E-state index in [0.29, 0.717) is 6.42 Å². The summed E-state index contributed by atoms with van der Waals surface area (Å²) in [5.74, 6) is 0.796. The van der Waals surface area contributed by atoms with E-state index in [2.05, 4.69) is 26.0 Å². The minimum atomic E-state index is -1.72. The SMILES string of the molecule is CC(=O)C1=CCC2C3CC=C4CC(O)CC(OC5OCC(O)C(OC6OCC(O)C(O)C6O)C5OC5OC(C)C(O)C(O)C5O)C4(C)C3CCC12C. The Morgan fingerprint density at radius 3 is 2.17 bits per heavy atom. The second kappa shape index (κ2) is 14.6. The van der Waals surface area contributed by atoms with Crippen LogP contribution in [0.2, 0.25) is 0 Å². The largest absolute Gasteiger partial charge is 0.393 e. The summed E-state index contributed by atoms with van der Waals surface area (Å²) in [7, 11) is 0. The molecular weight excluding hydrogens is 684 g/mol. The Morgan fingerprint density at radius 1 is 0.769 bits per heavy atom. The monoisotopic (exact) mass is 740 g/mol. The molecular formula is C37H56O15. The van der Waals surface area contributed by atoms with Gasteiger partial charge in [0.2, 0.25) is 0 Å². The molecule has 15 heteroatoms. The van der Waals surface area contributed by atoms with E-state index < -0.39 is 97.5 Å². The predicted molar refractivity (Wildman–Crippen MR) is 178 cm³/mol. The Hall–Kier alpha value is -1.41. The van der Waals surface area contributed by atoms with Crippen LogP contribution in [0.1, 0.15) is 66.2 Å².